The van der Waals surface area contributed by atoms with Gasteiger partial charge in [-0.1, -0.05) is 0 Å². The quantitative estimate of drug-likeness (QED) is 0.845. The Morgan fingerprint density at radius 3 is 2.76 bits per heavy atom. The van der Waals surface area contributed by atoms with Crippen molar-refractivity contribution < 1.29 is 4.74 Å². The summed E-state index contributed by atoms with van der Waals surface area (Å²) in [6.45, 7) is 4.88. The summed E-state index contributed by atoms with van der Waals surface area (Å²) in [5.41, 5.74) is 6.41. The van der Waals surface area contributed by atoms with E-state index in [4.69, 9.17) is 10.5 Å². The lowest BCUT2D eigenvalue weighted by Gasteiger charge is -2.19. The molecule has 0 aromatic carbocycles. The van der Waals surface area contributed by atoms with Gasteiger partial charge in [0, 0.05) is 19.3 Å². The van der Waals surface area contributed by atoms with E-state index in [9.17, 15) is 0 Å². The molecular weight excluding hydrogens is 234 g/mol. The van der Waals surface area contributed by atoms with E-state index < -0.39 is 0 Å². The Hall–Kier alpha value is -1.10. The summed E-state index contributed by atoms with van der Waals surface area (Å²) in [4.78, 5) is 6.54. The molecule has 0 saturated heterocycles. The monoisotopic (exact) mass is 255 g/mol. The van der Waals surface area contributed by atoms with Gasteiger partial charge in [-0.15, -0.1) is 0 Å². The fraction of sp³-hybridized carbons (Fsp3) is 0.583. The molecule has 1 aromatic heterocycles. The third-order valence-electron chi connectivity index (χ3n) is 2.24. The smallest absolute Gasteiger partial charge is 0.239 e. The van der Waals surface area contributed by atoms with E-state index in [0.717, 1.165) is 18.1 Å². The zero-order chi connectivity index (χ0) is 12.8. The molecule has 96 valence electrons. The number of anilines is 2. The lowest BCUT2D eigenvalue weighted by atomic mass is 10.3. The molecule has 0 atom stereocenters. The number of nitrogens with zero attached hydrogens (tertiary/aromatic N) is 2. The van der Waals surface area contributed by atoms with E-state index in [1.807, 2.05) is 44.8 Å². The maximum absolute atomic E-state index is 5.83. The van der Waals surface area contributed by atoms with Crippen LogP contribution in [-0.2, 0) is 0 Å². The van der Waals surface area contributed by atoms with Gasteiger partial charge in [0.15, 0.2) is 0 Å². The fourth-order valence-electron chi connectivity index (χ4n) is 1.31. The first-order valence-electron chi connectivity index (χ1n) is 5.68. The summed E-state index contributed by atoms with van der Waals surface area (Å²) in [5.74, 6) is 2.49. The van der Waals surface area contributed by atoms with Crippen molar-refractivity contribution in [3.63, 3.8) is 0 Å². The molecule has 0 bridgehead atoms. The Morgan fingerprint density at radius 1 is 1.47 bits per heavy atom. The van der Waals surface area contributed by atoms with Gasteiger partial charge in [-0.05, 0) is 32.2 Å². The molecule has 0 radical (unpaired) electrons. The van der Waals surface area contributed by atoms with E-state index >= 15 is 0 Å². The second-order valence-electron chi connectivity index (χ2n) is 4.14. The van der Waals surface area contributed by atoms with Gasteiger partial charge in [0.05, 0.1) is 11.8 Å². The maximum atomic E-state index is 5.83. The number of aromatic nitrogens is 1. The molecule has 2 N–H and O–H groups in total. The van der Waals surface area contributed by atoms with Crippen molar-refractivity contribution in [3.8, 4) is 5.88 Å². The van der Waals surface area contributed by atoms with Crippen LogP contribution in [0.1, 0.15) is 13.8 Å². The van der Waals surface area contributed by atoms with Crippen LogP contribution < -0.4 is 15.4 Å². The summed E-state index contributed by atoms with van der Waals surface area (Å²) < 4.78 is 5.57. The van der Waals surface area contributed by atoms with Crippen LogP contribution in [0, 0.1) is 0 Å². The van der Waals surface area contributed by atoms with Crippen molar-refractivity contribution in [1.29, 1.82) is 0 Å². The van der Waals surface area contributed by atoms with E-state index in [-0.39, 0.29) is 6.10 Å². The Labute approximate surface area is 108 Å². The largest absolute Gasteiger partial charge is 0.473 e. The van der Waals surface area contributed by atoms with Gasteiger partial charge in [-0.3, -0.25) is 0 Å². The van der Waals surface area contributed by atoms with Gasteiger partial charge >= 0.3 is 0 Å². The SMILES string of the molecule is CSCCN(C)c1ccc(N)c(OC(C)C)n1. The van der Waals surface area contributed by atoms with Crippen LogP contribution in [0.5, 0.6) is 5.88 Å². The highest BCUT2D eigenvalue weighted by Gasteiger charge is 2.09. The van der Waals surface area contributed by atoms with Crippen molar-refractivity contribution >= 4 is 23.3 Å². The van der Waals surface area contributed by atoms with Gasteiger partial charge in [0.25, 0.3) is 0 Å². The zero-order valence-electron chi connectivity index (χ0n) is 10.9. The van der Waals surface area contributed by atoms with E-state index in [1.165, 1.54) is 0 Å². The third kappa shape index (κ3) is 4.34. The molecule has 17 heavy (non-hydrogen) atoms. The van der Waals surface area contributed by atoms with Gasteiger partial charge in [-0.2, -0.15) is 16.7 Å². The molecule has 5 heteroatoms. The average molecular weight is 255 g/mol. The molecule has 4 nitrogen and oxygen atoms in total. The molecule has 0 spiro atoms. The minimum atomic E-state index is 0.0801. The molecule has 0 unspecified atom stereocenters. The summed E-state index contributed by atoms with van der Waals surface area (Å²) >= 11 is 1.82. The molecule has 1 aromatic rings. The van der Waals surface area contributed by atoms with Crippen LogP contribution in [0.4, 0.5) is 11.5 Å². The van der Waals surface area contributed by atoms with Gasteiger partial charge in [-0.25, -0.2) is 0 Å². The highest BCUT2D eigenvalue weighted by molar-refractivity contribution is 7.98. The predicted octanol–water partition coefficient (Wildman–Crippen LogP) is 2.25. The summed E-state index contributed by atoms with van der Waals surface area (Å²) in [5, 5.41) is 0. The molecule has 0 amide bonds. The molecule has 0 aliphatic carbocycles. The first-order valence-corrected chi connectivity index (χ1v) is 7.07. The second-order valence-corrected chi connectivity index (χ2v) is 5.13. The predicted molar refractivity (Wildman–Crippen MR) is 76.1 cm³/mol. The van der Waals surface area contributed by atoms with Crippen LogP contribution in [0.25, 0.3) is 0 Å². The lowest BCUT2D eigenvalue weighted by molar-refractivity contribution is 0.234. The Kier molecular flexibility index (Phi) is 5.41. The highest BCUT2D eigenvalue weighted by atomic mass is 32.2. The molecular formula is C12H21N3OS. The number of thioether (sulfide) groups is 1. The van der Waals surface area contributed by atoms with Crippen molar-refractivity contribution in [2.75, 3.05) is 36.2 Å². The zero-order valence-corrected chi connectivity index (χ0v) is 11.8. The van der Waals surface area contributed by atoms with Crippen molar-refractivity contribution in [2.45, 2.75) is 20.0 Å². The standard InChI is InChI=1S/C12H21N3OS/c1-9(2)16-12-10(13)5-6-11(14-12)15(3)7-8-17-4/h5-6,9H,7-8,13H2,1-4H3. The Morgan fingerprint density at radius 2 is 2.18 bits per heavy atom. The number of nitrogens with two attached hydrogens (primary N) is 1. The van der Waals surface area contributed by atoms with E-state index in [2.05, 4.69) is 16.1 Å². The summed E-state index contributed by atoms with van der Waals surface area (Å²) in [6, 6.07) is 3.76. The van der Waals surface area contributed by atoms with Crippen LogP contribution in [0.2, 0.25) is 0 Å². The minimum Gasteiger partial charge on any atom is -0.473 e. The molecule has 1 rings (SSSR count). The summed E-state index contributed by atoms with van der Waals surface area (Å²) in [6.07, 6.45) is 2.17. The Balaban J connectivity index is 2.80. The first kappa shape index (κ1) is 14.0. The molecule has 0 saturated carbocycles. The number of pyridine rings is 1. The molecule has 1 heterocycles. The lowest BCUT2D eigenvalue weighted by Crippen LogP contribution is -2.22. The molecule has 0 aliphatic rings. The third-order valence-corrected chi connectivity index (χ3v) is 2.84. The number of hydrogen-bond acceptors (Lipinski definition) is 5. The van der Waals surface area contributed by atoms with E-state index in [0.29, 0.717) is 11.6 Å². The molecule has 0 fully saturated rings. The van der Waals surface area contributed by atoms with Crippen LogP contribution in [0.3, 0.4) is 0 Å². The number of rotatable bonds is 6. The summed E-state index contributed by atoms with van der Waals surface area (Å²) in [7, 11) is 2.02. The van der Waals surface area contributed by atoms with Crippen LogP contribution in [0.15, 0.2) is 12.1 Å². The first-order chi connectivity index (χ1) is 8.04. The maximum Gasteiger partial charge on any atom is 0.239 e. The van der Waals surface area contributed by atoms with Crippen LogP contribution in [-0.4, -0.2) is 36.7 Å². The van der Waals surface area contributed by atoms with Crippen molar-refractivity contribution in [3.05, 3.63) is 12.1 Å². The normalized spacial score (nSPS) is 10.6. The number of nitrogen functional groups attached to an aromatic ring is 1. The number of hydrogen-bond donors (Lipinski definition) is 1. The van der Waals surface area contributed by atoms with E-state index in [1.54, 1.807) is 0 Å². The van der Waals surface area contributed by atoms with Gasteiger partial charge in [0.1, 0.15) is 5.82 Å². The molecule has 0 aliphatic heterocycles. The minimum absolute atomic E-state index is 0.0801. The highest BCUT2D eigenvalue weighted by Crippen LogP contribution is 2.23. The average Bonchev–Trinajstić information content (AvgIpc) is 2.28. The fourth-order valence-corrected chi connectivity index (χ4v) is 1.77. The van der Waals surface area contributed by atoms with Crippen molar-refractivity contribution in [1.82, 2.24) is 4.98 Å². The number of ether oxygens (including phenoxy) is 1. The second kappa shape index (κ2) is 6.59. The van der Waals surface area contributed by atoms with Crippen molar-refractivity contribution in [2.24, 2.45) is 0 Å². The topological polar surface area (TPSA) is 51.4 Å². The van der Waals surface area contributed by atoms with Crippen LogP contribution >= 0.6 is 11.8 Å². The van der Waals surface area contributed by atoms with Gasteiger partial charge < -0.3 is 15.4 Å². The van der Waals surface area contributed by atoms with Gasteiger partial charge in [0.2, 0.25) is 5.88 Å². The Bertz CT molecular complexity index is 358.